The van der Waals surface area contributed by atoms with Gasteiger partial charge in [0.25, 0.3) is 0 Å². The van der Waals surface area contributed by atoms with Crippen molar-refractivity contribution < 1.29 is 4.42 Å². The van der Waals surface area contributed by atoms with Crippen LogP contribution in [0.2, 0.25) is 0 Å². The number of rotatable bonds is 6. The second kappa shape index (κ2) is 13.4. The van der Waals surface area contributed by atoms with Crippen LogP contribution in [0.1, 0.15) is 26.3 Å². The highest BCUT2D eigenvalue weighted by Crippen LogP contribution is 2.44. The van der Waals surface area contributed by atoms with Gasteiger partial charge in [-0.1, -0.05) is 166 Å². The molecule has 0 atom stereocenters. The molecule has 9 aromatic carbocycles. The molecule has 0 unspecified atom stereocenters. The first-order chi connectivity index (χ1) is 27.4. The standard InChI is InChI=1S/C54H41NO/c1-54(2,3)52-50-19-8-9-21-51(50)56-53(52)42-15-10-16-45(35-42)55(44-31-26-39(27-32-44)48-20-11-14-37-12-4-6-17-46(37)48)43-29-24-36(25-30-43)40-28-33-49-41(34-40)23-22-38-13-5-7-18-47(38)49/h4-35H,1-3H3. The third-order valence-electron chi connectivity index (χ3n) is 11.1. The van der Waals surface area contributed by atoms with Crippen LogP contribution in [0.15, 0.2) is 199 Å². The van der Waals surface area contributed by atoms with Gasteiger partial charge in [-0.25, -0.2) is 0 Å². The van der Waals surface area contributed by atoms with Crippen LogP contribution < -0.4 is 4.90 Å². The van der Waals surface area contributed by atoms with Gasteiger partial charge in [-0.05, 0) is 109 Å². The van der Waals surface area contributed by atoms with E-state index in [1.54, 1.807) is 0 Å². The predicted molar refractivity (Wildman–Crippen MR) is 238 cm³/mol. The van der Waals surface area contributed by atoms with E-state index in [0.29, 0.717) is 0 Å². The minimum Gasteiger partial charge on any atom is -0.456 e. The fraction of sp³-hybridized carbons (Fsp3) is 0.0741. The molecule has 10 rings (SSSR count). The van der Waals surface area contributed by atoms with Crippen molar-refractivity contribution >= 4 is 60.3 Å². The summed E-state index contributed by atoms with van der Waals surface area (Å²) in [6, 6.07) is 70.2. The molecule has 0 aliphatic carbocycles. The van der Waals surface area contributed by atoms with Gasteiger partial charge >= 0.3 is 0 Å². The Hall–Kier alpha value is -6.90. The fourth-order valence-electron chi connectivity index (χ4n) is 8.49. The Morgan fingerprint density at radius 2 is 0.946 bits per heavy atom. The molecular weight excluding hydrogens is 679 g/mol. The Morgan fingerprint density at radius 1 is 0.375 bits per heavy atom. The summed E-state index contributed by atoms with van der Waals surface area (Å²) in [6.45, 7) is 6.79. The van der Waals surface area contributed by atoms with E-state index in [9.17, 15) is 0 Å². The molecule has 10 aromatic rings. The number of furan rings is 1. The van der Waals surface area contributed by atoms with Crippen molar-refractivity contribution in [2.45, 2.75) is 26.2 Å². The van der Waals surface area contributed by atoms with Crippen LogP contribution in [0.3, 0.4) is 0 Å². The number of hydrogen-bond donors (Lipinski definition) is 0. The zero-order valence-corrected chi connectivity index (χ0v) is 31.8. The lowest BCUT2D eigenvalue weighted by atomic mass is 9.83. The SMILES string of the molecule is CC(C)(C)c1c(-c2cccc(N(c3ccc(-c4ccc5c(ccc6ccccc65)c4)cc3)c3ccc(-c4cccc5ccccc45)cc3)c2)oc2ccccc12. The first kappa shape index (κ1) is 33.7. The van der Waals surface area contributed by atoms with Gasteiger partial charge in [0.2, 0.25) is 0 Å². The third-order valence-corrected chi connectivity index (χ3v) is 11.1. The molecule has 0 saturated heterocycles. The Labute approximate surface area is 327 Å². The molecule has 0 amide bonds. The van der Waals surface area contributed by atoms with E-state index in [0.717, 1.165) is 34.0 Å². The summed E-state index contributed by atoms with van der Waals surface area (Å²) < 4.78 is 6.66. The molecule has 0 N–H and O–H groups in total. The van der Waals surface area contributed by atoms with Crippen LogP contribution in [0.4, 0.5) is 17.1 Å². The quantitative estimate of drug-likeness (QED) is 0.159. The van der Waals surface area contributed by atoms with E-state index in [2.05, 4.69) is 214 Å². The molecule has 1 heterocycles. The van der Waals surface area contributed by atoms with Crippen LogP contribution in [-0.2, 0) is 5.41 Å². The first-order valence-corrected chi connectivity index (χ1v) is 19.4. The second-order valence-corrected chi connectivity index (χ2v) is 15.8. The van der Waals surface area contributed by atoms with Crippen molar-refractivity contribution in [1.82, 2.24) is 0 Å². The third kappa shape index (κ3) is 5.91. The van der Waals surface area contributed by atoms with Crippen LogP contribution in [-0.4, -0.2) is 0 Å². The van der Waals surface area contributed by atoms with E-state index in [1.165, 1.54) is 65.5 Å². The first-order valence-electron chi connectivity index (χ1n) is 19.4. The molecule has 0 radical (unpaired) electrons. The molecule has 0 saturated carbocycles. The number of hydrogen-bond acceptors (Lipinski definition) is 2. The van der Waals surface area contributed by atoms with E-state index < -0.39 is 0 Å². The fourth-order valence-corrected chi connectivity index (χ4v) is 8.49. The molecule has 268 valence electrons. The lowest BCUT2D eigenvalue weighted by molar-refractivity contribution is 0.568. The lowest BCUT2D eigenvalue weighted by Gasteiger charge is -2.27. The van der Waals surface area contributed by atoms with Gasteiger partial charge in [-0.15, -0.1) is 0 Å². The summed E-state index contributed by atoms with van der Waals surface area (Å²) in [5, 5.41) is 8.74. The maximum absolute atomic E-state index is 6.66. The monoisotopic (exact) mass is 719 g/mol. The highest BCUT2D eigenvalue weighted by atomic mass is 16.3. The molecule has 56 heavy (non-hydrogen) atoms. The van der Waals surface area contributed by atoms with Gasteiger partial charge in [0, 0.05) is 33.6 Å². The number of nitrogens with zero attached hydrogens (tertiary/aromatic N) is 1. The van der Waals surface area contributed by atoms with Gasteiger partial charge in [-0.3, -0.25) is 0 Å². The van der Waals surface area contributed by atoms with Crippen LogP contribution >= 0.6 is 0 Å². The number of benzene rings is 9. The van der Waals surface area contributed by atoms with E-state index in [-0.39, 0.29) is 5.41 Å². The maximum Gasteiger partial charge on any atom is 0.139 e. The summed E-state index contributed by atoms with van der Waals surface area (Å²) in [5.41, 5.74) is 11.1. The average Bonchev–Trinajstić information content (AvgIpc) is 3.65. The normalized spacial score (nSPS) is 11.8. The largest absolute Gasteiger partial charge is 0.456 e. The lowest BCUT2D eigenvalue weighted by Crippen LogP contribution is -2.12. The highest BCUT2D eigenvalue weighted by Gasteiger charge is 2.26. The summed E-state index contributed by atoms with van der Waals surface area (Å²) in [6.07, 6.45) is 0. The van der Waals surface area contributed by atoms with Crippen molar-refractivity contribution in [3.63, 3.8) is 0 Å². The van der Waals surface area contributed by atoms with Crippen molar-refractivity contribution in [2.75, 3.05) is 4.90 Å². The Morgan fingerprint density at radius 3 is 1.70 bits per heavy atom. The maximum atomic E-state index is 6.66. The summed E-state index contributed by atoms with van der Waals surface area (Å²) in [4.78, 5) is 2.35. The summed E-state index contributed by atoms with van der Waals surface area (Å²) in [5.74, 6) is 0.922. The molecule has 0 spiro atoms. The molecule has 0 aliphatic heterocycles. The second-order valence-electron chi connectivity index (χ2n) is 15.8. The summed E-state index contributed by atoms with van der Waals surface area (Å²) in [7, 11) is 0. The topological polar surface area (TPSA) is 16.4 Å². The number of fused-ring (bicyclic) bond motifs is 5. The van der Waals surface area contributed by atoms with Crippen LogP contribution in [0, 0.1) is 0 Å². The van der Waals surface area contributed by atoms with E-state index in [4.69, 9.17) is 4.42 Å². The Balaban J connectivity index is 1.08. The van der Waals surface area contributed by atoms with Crippen molar-refractivity contribution in [1.29, 1.82) is 0 Å². The minimum absolute atomic E-state index is 0.110. The van der Waals surface area contributed by atoms with Gasteiger partial charge in [0.1, 0.15) is 11.3 Å². The Kier molecular flexibility index (Phi) is 8.08. The molecule has 0 bridgehead atoms. The summed E-state index contributed by atoms with van der Waals surface area (Å²) >= 11 is 0. The molecule has 2 heteroatoms. The number of anilines is 3. The average molecular weight is 720 g/mol. The van der Waals surface area contributed by atoms with Crippen LogP contribution in [0.25, 0.3) is 76.9 Å². The van der Waals surface area contributed by atoms with Gasteiger partial charge in [-0.2, -0.15) is 0 Å². The molecule has 1 aromatic heterocycles. The Bertz CT molecular complexity index is 3050. The predicted octanol–water partition coefficient (Wildman–Crippen LogP) is 15.7. The smallest absolute Gasteiger partial charge is 0.139 e. The molecule has 0 fully saturated rings. The highest BCUT2D eigenvalue weighted by molar-refractivity contribution is 6.08. The minimum atomic E-state index is -0.110. The van der Waals surface area contributed by atoms with Gasteiger partial charge in [0.05, 0.1) is 0 Å². The van der Waals surface area contributed by atoms with Crippen LogP contribution in [0.5, 0.6) is 0 Å². The zero-order valence-electron chi connectivity index (χ0n) is 31.8. The van der Waals surface area contributed by atoms with Crippen molar-refractivity contribution in [2.24, 2.45) is 0 Å². The van der Waals surface area contributed by atoms with Gasteiger partial charge < -0.3 is 9.32 Å². The van der Waals surface area contributed by atoms with Crippen molar-refractivity contribution in [3.05, 3.63) is 200 Å². The van der Waals surface area contributed by atoms with E-state index >= 15 is 0 Å². The zero-order chi connectivity index (χ0) is 37.8. The molecular formula is C54H41NO. The molecule has 2 nitrogen and oxygen atoms in total. The van der Waals surface area contributed by atoms with Gasteiger partial charge in [0.15, 0.2) is 0 Å². The molecule has 0 aliphatic rings. The number of para-hydroxylation sites is 1. The van der Waals surface area contributed by atoms with E-state index in [1.807, 2.05) is 6.07 Å². The van der Waals surface area contributed by atoms with Crippen molar-refractivity contribution in [3.8, 4) is 33.6 Å².